The minimum Gasteiger partial charge on any atom is -0.388 e. The predicted molar refractivity (Wildman–Crippen MR) is 63.7 cm³/mol. The SMILES string of the molecule is Cc1ccc(C(O)C(C)CCN)c(C)c1. The molecule has 0 saturated carbocycles. The second-order valence-corrected chi connectivity index (χ2v) is 4.36. The zero-order valence-electron chi connectivity index (χ0n) is 9.83. The molecule has 1 aromatic rings. The van der Waals surface area contributed by atoms with E-state index in [4.69, 9.17) is 5.73 Å². The molecule has 0 amide bonds. The third kappa shape index (κ3) is 3.05. The standard InChI is InChI=1S/C13H21NO/c1-9-4-5-12(11(3)8-9)13(15)10(2)6-7-14/h4-5,8,10,13,15H,6-7,14H2,1-3H3. The van der Waals surface area contributed by atoms with Gasteiger partial charge in [0, 0.05) is 0 Å². The Bertz CT molecular complexity index is 322. The third-order valence-electron chi connectivity index (χ3n) is 2.90. The van der Waals surface area contributed by atoms with Gasteiger partial charge in [0.1, 0.15) is 0 Å². The maximum absolute atomic E-state index is 10.1. The van der Waals surface area contributed by atoms with Crippen molar-refractivity contribution in [2.45, 2.75) is 33.3 Å². The smallest absolute Gasteiger partial charge is 0.0818 e. The van der Waals surface area contributed by atoms with Crippen molar-refractivity contribution in [1.29, 1.82) is 0 Å². The summed E-state index contributed by atoms with van der Waals surface area (Å²) in [6, 6.07) is 6.16. The van der Waals surface area contributed by atoms with Gasteiger partial charge in [-0.2, -0.15) is 0 Å². The van der Waals surface area contributed by atoms with E-state index >= 15 is 0 Å². The van der Waals surface area contributed by atoms with E-state index in [0.717, 1.165) is 17.5 Å². The van der Waals surface area contributed by atoms with Crippen molar-refractivity contribution in [2.75, 3.05) is 6.54 Å². The zero-order valence-corrected chi connectivity index (χ0v) is 9.83. The molecule has 15 heavy (non-hydrogen) atoms. The summed E-state index contributed by atoms with van der Waals surface area (Å²) in [5.74, 6) is 0.219. The quantitative estimate of drug-likeness (QED) is 0.796. The number of aryl methyl sites for hydroxylation is 2. The summed E-state index contributed by atoms with van der Waals surface area (Å²) in [5.41, 5.74) is 8.92. The van der Waals surface area contributed by atoms with E-state index < -0.39 is 6.10 Å². The topological polar surface area (TPSA) is 46.2 Å². The molecular formula is C13H21NO. The van der Waals surface area contributed by atoms with E-state index in [1.807, 2.05) is 26.0 Å². The summed E-state index contributed by atoms with van der Waals surface area (Å²) in [7, 11) is 0. The monoisotopic (exact) mass is 207 g/mol. The van der Waals surface area contributed by atoms with Crippen LogP contribution in [0.2, 0.25) is 0 Å². The zero-order chi connectivity index (χ0) is 11.4. The lowest BCUT2D eigenvalue weighted by molar-refractivity contribution is 0.113. The van der Waals surface area contributed by atoms with Gasteiger partial charge >= 0.3 is 0 Å². The number of rotatable bonds is 4. The summed E-state index contributed by atoms with van der Waals surface area (Å²) >= 11 is 0. The van der Waals surface area contributed by atoms with E-state index in [-0.39, 0.29) is 5.92 Å². The molecule has 0 saturated heterocycles. The van der Waals surface area contributed by atoms with Crippen LogP contribution in [0.4, 0.5) is 0 Å². The number of nitrogens with two attached hydrogens (primary N) is 1. The molecule has 2 unspecified atom stereocenters. The van der Waals surface area contributed by atoms with Crippen LogP contribution >= 0.6 is 0 Å². The first-order valence-electron chi connectivity index (χ1n) is 5.51. The van der Waals surface area contributed by atoms with Crippen LogP contribution in [-0.2, 0) is 0 Å². The van der Waals surface area contributed by atoms with Gasteiger partial charge in [0.2, 0.25) is 0 Å². The second-order valence-electron chi connectivity index (χ2n) is 4.36. The Morgan fingerprint density at radius 2 is 2.00 bits per heavy atom. The number of hydrogen-bond donors (Lipinski definition) is 2. The van der Waals surface area contributed by atoms with Crippen molar-refractivity contribution in [3.63, 3.8) is 0 Å². The van der Waals surface area contributed by atoms with Crippen LogP contribution in [0.3, 0.4) is 0 Å². The normalized spacial score (nSPS) is 15.0. The van der Waals surface area contributed by atoms with Gasteiger partial charge in [0.05, 0.1) is 6.10 Å². The first-order valence-corrected chi connectivity index (χ1v) is 5.51. The van der Waals surface area contributed by atoms with Crippen LogP contribution in [0.15, 0.2) is 18.2 Å². The fourth-order valence-corrected chi connectivity index (χ4v) is 1.88. The van der Waals surface area contributed by atoms with Crippen molar-refractivity contribution >= 4 is 0 Å². The van der Waals surface area contributed by atoms with E-state index in [9.17, 15) is 5.11 Å². The van der Waals surface area contributed by atoms with Crippen molar-refractivity contribution in [3.05, 3.63) is 34.9 Å². The average Bonchev–Trinajstić information content (AvgIpc) is 2.17. The third-order valence-corrected chi connectivity index (χ3v) is 2.90. The molecule has 2 nitrogen and oxygen atoms in total. The molecule has 0 aliphatic heterocycles. The van der Waals surface area contributed by atoms with Crippen LogP contribution in [0, 0.1) is 19.8 Å². The lowest BCUT2D eigenvalue weighted by Crippen LogP contribution is -2.14. The Balaban J connectivity index is 2.86. The van der Waals surface area contributed by atoms with Gasteiger partial charge in [-0.15, -0.1) is 0 Å². The molecule has 0 aromatic heterocycles. The molecule has 2 atom stereocenters. The lowest BCUT2D eigenvalue weighted by Gasteiger charge is -2.20. The molecule has 0 fully saturated rings. The molecule has 84 valence electrons. The van der Waals surface area contributed by atoms with Gasteiger partial charge < -0.3 is 10.8 Å². The average molecular weight is 207 g/mol. The van der Waals surface area contributed by atoms with E-state index in [0.29, 0.717) is 6.54 Å². The summed E-state index contributed by atoms with van der Waals surface area (Å²) in [6.45, 7) is 6.77. The Morgan fingerprint density at radius 3 is 2.53 bits per heavy atom. The lowest BCUT2D eigenvalue weighted by atomic mass is 9.91. The largest absolute Gasteiger partial charge is 0.388 e. The van der Waals surface area contributed by atoms with Crippen LogP contribution in [0.25, 0.3) is 0 Å². The summed E-state index contributed by atoms with van der Waals surface area (Å²) in [4.78, 5) is 0. The van der Waals surface area contributed by atoms with Crippen LogP contribution in [0.1, 0.15) is 36.1 Å². The highest BCUT2D eigenvalue weighted by Gasteiger charge is 2.17. The molecule has 0 heterocycles. The van der Waals surface area contributed by atoms with Gasteiger partial charge in [-0.3, -0.25) is 0 Å². The number of aliphatic hydroxyl groups excluding tert-OH is 1. The molecule has 1 rings (SSSR count). The summed E-state index contributed by atoms with van der Waals surface area (Å²) in [5, 5.41) is 10.1. The molecular weight excluding hydrogens is 186 g/mol. The molecule has 0 spiro atoms. The maximum Gasteiger partial charge on any atom is 0.0818 e. The van der Waals surface area contributed by atoms with Gasteiger partial charge in [-0.25, -0.2) is 0 Å². The van der Waals surface area contributed by atoms with Gasteiger partial charge in [0.15, 0.2) is 0 Å². The summed E-state index contributed by atoms with van der Waals surface area (Å²) in [6.07, 6.45) is 0.461. The van der Waals surface area contributed by atoms with Crippen LogP contribution < -0.4 is 5.73 Å². The highest BCUT2D eigenvalue weighted by Crippen LogP contribution is 2.26. The highest BCUT2D eigenvalue weighted by molar-refractivity contribution is 5.32. The van der Waals surface area contributed by atoms with Crippen LogP contribution in [-0.4, -0.2) is 11.7 Å². The van der Waals surface area contributed by atoms with Gasteiger partial charge in [-0.05, 0) is 43.9 Å². The van der Waals surface area contributed by atoms with E-state index in [1.165, 1.54) is 5.56 Å². The van der Waals surface area contributed by atoms with E-state index in [1.54, 1.807) is 0 Å². The Morgan fingerprint density at radius 1 is 1.33 bits per heavy atom. The van der Waals surface area contributed by atoms with Crippen LogP contribution in [0.5, 0.6) is 0 Å². The molecule has 0 aliphatic carbocycles. The first kappa shape index (κ1) is 12.2. The maximum atomic E-state index is 10.1. The van der Waals surface area contributed by atoms with Gasteiger partial charge in [-0.1, -0.05) is 30.7 Å². The van der Waals surface area contributed by atoms with Crippen molar-refractivity contribution in [1.82, 2.24) is 0 Å². The van der Waals surface area contributed by atoms with Gasteiger partial charge in [0.25, 0.3) is 0 Å². The molecule has 0 radical (unpaired) electrons. The molecule has 1 aromatic carbocycles. The second kappa shape index (κ2) is 5.29. The fourth-order valence-electron chi connectivity index (χ4n) is 1.88. The number of hydrogen-bond acceptors (Lipinski definition) is 2. The number of aliphatic hydroxyl groups is 1. The summed E-state index contributed by atoms with van der Waals surface area (Å²) < 4.78 is 0. The van der Waals surface area contributed by atoms with E-state index in [2.05, 4.69) is 13.0 Å². The number of benzene rings is 1. The molecule has 2 heteroatoms. The molecule has 3 N–H and O–H groups in total. The Hall–Kier alpha value is -0.860. The predicted octanol–water partition coefficient (Wildman–Crippen LogP) is 2.32. The Kier molecular flexibility index (Phi) is 4.30. The van der Waals surface area contributed by atoms with Crippen molar-refractivity contribution in [3.8, 4) is 0 Å². The minimum absolute atomic E-state index is 0.219. The Labute approximate surface area is 92.1 Å². The van der Waals surface area contributed by atoms with Crippen molar-refractivity contribution in [2.24, 2.45) is 11.7 Å². The van der Waals surface area contributed by atoms with Crippen molar-refractivity contribution < 1.29 is 5.11 Å². The molecule has 0 aliphatic rings. The highest BCUT2D eigenvalue weighted by atomic mass is 16.3. The first-order chi connectivity index (χ1) is 7.06. The molecule has 0 bridgehead atoms. The minimum atomic E-state index is -0.394. The fraction of sp³-hybridized carbons (Fsp3) is 0.538.